The normalized spacial score (nSPS) is 24.8. The molecule has 1 unspecified atom stereocenters. The third kappa shape index (κ3) is 6.60. The second-order valence-corrected chi connectivity index (χ2v) is 10.3. The highest BCUT2D eigenvalue weighted by Gasteiger charge is 2.44. The number of aliphatic hydroxyl groups is 3. The van der Waals surface area contributed by atoms with E-state index in [-0.39, 0.29) is 0 Å². The Labute approximate surface area is 228 Å². The number of halogens is 8. The fourth-order valence-electron chi connectivity index (χ4n) is 3.51. The predicted molar refractivity (Wildman–Crippen MR) is 123 cm³/mol. The Balaban J connectivity index is 1.99. The summed E-state index contributed by atoms with van der Waals surface area (Å²) < 4.78 is 103. The van der Waals surface area contributed by atoms with E-state index in [1.54, 1.807) is 0 Å². The number of alkyl halides is 6. The van der Waals surface area contributed by atoms with Gasteiger partial charge >= 0.3 is 11.7 Å². The summed E-state index contributed by atoms with van der Waals surface area (Å²) in [6.07, 6.45) is -12.0. The smallest absolute Gasteiger partial charge is 0.388 e. The van der Waals surface area contributed by atoms with Crippen molar-refractivity contribution in [3.05, 3.63) is 33.4 Å². The fraction of sp³-hybridized carbons (Fsp3) is 0.500. The number of aliphatic hydroxyl groups excluding tert-OH is 3. The number of nitrogens with one attached hydrogen (secondary N) is 1. The van der Waals surface area contributed by atoms with E-state index >= 15 is 0 Å². The van der Waals surface area contributed by atoms with Crippen molar-refractivity contribution in [2.75, 3.05) is 18.5 Å². The van der Waals surface area contributed by atoms with Gasteiger partial charge in [-0.15, -0.1) is 0 Å². The van der Waals surface area contributed by atoms with Crippen LogP contribution < -0.4 is 5.32 Å². The minimum Gasteiger partial charge on any atom is -0.388 e. The first-order chi connectivity index (χ1) is 18.0. The van der Waals surface area contributed by atoms with Crippen LogP contribution >= 0.6 is 23.2 Å². The van der Waals surface area contributed by atoms with E-state index in [4.69, 9.17) is 32.7 Å². The van der Waals surface area contributed by atoms with Crippen molar-refractivity contribution >= 4 is 39.8 Å². The molecule has 10 nitrogen and oxygen atoms in total. The lowest BCUT2D eigenvalue weighted by atomic mass is 10.0. The molecule has 3 rings (SSSR count). The van der Waals surface area contributed by atoms with Gasteiger partial charge in [0.25, 0.3) is 0 Å². The first-order valence-corrected chi connectivity index (χ1v) is 12.5. The number of nitriles is 1. The van der Waals surface area contributed by atoms with Crippen molar-refractivity contribution in [1.29, 1.82) is 5.26 Å². The zero-order valence-electron chi connectivity index (χ0n) is 19.3. The number of ether oxygens (including phenoxy) is 2. The molecule has 0 radical (unpaired) electrons. The lowest BCUT2D eigenvalue weighted by molar-refractivity contribution is -0.292. The third-order valence-corrected chi connectivity index (χ3v) is 7.14. The van der Waals surface area contributed by atoms with E-state index < -0.39 is 104 Å². The van der Waals surface area contributed by atoms with E-state index in [0.717, 1.165) is 0 Å². The largest absolute Gasteiger partial charge is 0.476 e. The van der Waals surface area contributed by atoms with Gasteiger partial charge in [-0.3, -0.25) is 0 Å². The van der Waals surface area contributed by atoms with Crippen LogP contribution in [0.1, 0.15) is 18.2 Å². The van der Waals surface area contributed by atoms with Crippen LogP contribution in [0.15, 0.2) is 17.0 Å². The molecular weight excluding hydrogens is 609 g/mol. The molecule has 6 atom stereocenters. The van der Waals surface area contributed by atoms with Gasteiger partial charge in [0.05, 0.1) is 28.3 Å². The number of hydrogen-bond acceptors (Lipinski definition) is 9. The van der Waals surface area contributed by atoms with E-state index in [0.29, 0.717) is 16.8 Å². The van der Waals surface area contributed by atoms with E-state index in [2.05, 4.69) is 10.4 Å². The molecule has 1 aromatic heterocycles. The second-order valence-electron chi connectivity index (χ2n) is 8.03. The minimum atomic E-state index is -5.37. The molecule has 2 aromatic rings. The molecule has 216 valence electrons. The number of aromatic nitrogens is 2. The summed E-state index contributed by atoms with van der Waals surface area (Å²) in [6, 6.07) is 2.22. The summed E-state index contributed by atoms with van der Waals surface area (Å²) in [6.45, 7) is 0.498. The van der Waals surface area contributed by atoms with Crippen LogP contribution in [0.25, 0.3) is 5.69 Å². The average Bonchev–Trinajstić information content (AvgIpc) is 3.19. The van der Waals surface area contributed by atoms with Crippen molar-refractivity contribution in [3.63, 3.8) is 0 Å². The Bertz CT molecular complexity index is 1260. The molecule has 1 aromatic carbocycles. The van der Waals surface area contributed by atoms with Gasteiger partial charge < -0.3 is 30.1 Å². The third-order valence-electron chi connectivity index (χ3n) is 5.38. The Kier molecular flexibility index (Phi) is 9.45. The first-order valence-electron chi connectivity index (χ1n) is 10.6. The molecule has 0 saturated carbocycles. The topological polar surface area (TPSA) is 150 Å². The zero-order chi connectivity index (χ0) is 29.4. The molecule has 19 heteroatoms. The molecule has 39 heavy (non-hydrogen) atoms. The van der Waals surface area contributed by atoms with Gasteiger partial charge in [0.2, 0.25) is 0 Å². The van der Waals surface area contributed by atoms with Crippen molar-refractivity contribution < 1.29 is 55.3 Å². The summed E-state index contributed by atoms with van der Waals surface area (Å²) in [7, 11) is -3.84. The van der Waals surface area contributed by atoms with Gasteiger partial charge in [-0.1, -0.05) is 23.2 Å². The van der Waals surface area contributed by atoms with Crippen LogP contribution in [-0.4, -0.2) is 78.7 Å². The van der Waals surface area contributed by atoms with E-state index in [1.165, 1.54) is 13.0 Å². The minimum absolute atomic E-state index is 0.436. The standard InChI is InChI=1S/C20H18Cl2F6N4O6S/c1-7-13(33)14(34)15(35)18(38-7)37-3-2-30-17-16(39(36)20(26,27)28)11(6-29)31-32(17)12-9(21)4-8(5-10(12)22)19(23,24)25/h4-5,7,13-15,18,30,33-35H,2-3H2,1H3/t7-,13+,14+,15-,18-,39?/m0/s1. The Morgan fingerprint density at radius 2 is 1.74 bits per heavy atom. The van der Waals surface area contributed by atoms with Crippen molar-refractivity contribution in [2.24, 2.45) is 0 Å². The SMILES string of the molecule is C[C@@H]1O[C@H](OCCNc2c(S(=O)C(F)(F)F)c(C#N)nn2-c2c(Cl)cc(C(F)(F)F)cc2Cl)[C@@H](O)[C@H](O)[C@@H]1O. The van der Waals surface area contributed by atoms with Gasteiger partial charge in [0.15, 0.2) is 22.8 Å². The van der Waals surface area contributed by atoms with Gasteiger partial charge in [0.1, 0.15) is 40.8 Å². The Hall–Kier alpha value is -2.17. The highest BCUT2D eigenvalue weighted by atomic mass is 35.5. The summed E-state index contributed by atoms with van der Waals surface area (Å²) in [5.41, 5.74) is -8.18. The van der Waals surface area contributed by atoms with Gasteiger partial charge in [-0.2, -0.15) is 36.7 Å². The molecule has 2 heterocycles. The van der Waals surface area contributed by atoms with Gasteiger partial charge in [-0.25, -0.2) is 8.89 Å². The monoisotopic (exact) mass is 626 g/mol. The van der Waals surface area contributed by atoms with Crippen LogP contribution in [0.3, 0.4) is 0 Å². The summed E-state index contributed by atoms with van der Waals surface area (Å²) in [5.74, 6) is -0.747. The lowest BCUT2D eigenvalue weighted by Crippen LogP contribution is -2.57. The maximum Gasteiger partial charge on any atom is 0.476 e. The molecule has 1 aliphatic heterocycles. The van der Waals surface area contributed by atoms with Crippen LogP contribution in [-0.2, 0) is 26.4 Å². The average molecular weight is 627 g/mol. The van der Waals surface area contributed by atoms with Crippen molar-refractivity contribution in [1.82, 2.24) is 9.78 Å². The van der Waals surface area contributed by atoms with Crippen LogP contribution in [0.5, 0.6) is 0 Å². The molecule has 0 amide bonds. The molecule has 1 fully saturated rings. The predicted octanol–water partition coefficient (Wildman–Crippen LogP) is 2.95. The maximum absolute atomic E-state index is 13.4. The van der Waals surface area contributed by atoms with Crippen molar-refractivity contribution in [3.8, 4) is 11.8 Å². The summed E-state index contributed by atoms with van der Waals surface area (Å²) in [5, 5.41) is 43.6. The van der Waals surface area contributed by atoms with Crippen LogP contribution in [0, 0.1) is 11.3 Å². The number of hydrogen-bond donors (Lipinski definition) is 4. The van der Waals surface area contributed by atoms with Gasteiger partial charge in [0, 0.05) is 6.54 Å². The van der Waals surface area contributed by atoms with Crippen molar-refractivity contribution in [2.45, 2.75) is 54.2 Å². The number of benzene rings is 1. The Morgan fingerprint density at radius 1 is 1.15 bits per heavy atom. The molecule has 0 spiro atoms. The van der Waals surface area contributed by atoms with Crippen LogP contribution in [0.2, 0.25) is 10.0 Å². The zero-order valence-corrected chi connectivity index (χ0v) is 21.6. The highest BCUT2D eigenvalue weighted by Crippen LogP contribution is 2.41. The highest BCUT2D eigenvalue weighted by molar-refractivity contribution is 7.86. The lowest BCUT2D eigenvalue weighted by Gasteiger charge is -2.38. The first kappa shape index (κ1) is 31.4. The Morgan fingerprint density at radius 3 is 2.26 bits per heavy atom. The molecular formula is C20H18Cl2F6N4O6S. The molecule has 4 N–H and O–H groups in total. The molecule has 1 aliphatic rings. The second kappa shape index (κ2) is 11.7. The number of nitrogens with zero attached hydrogens (tertiary/aromatic N) is 3. The number of anilines is 1. The van der Waals surface area contributed by atoms with Crippen LogP contribution in [0.4, 0.5) is 32.2 Å². The summed E-state index contributed by atoms with van der Waals surface area (Å²) >= 11 is 11.9. The molecule has 1 saturated heterocycles. The quantitative estimate of drug-likeness (QED) is 0.269. The number of rotatable bonds is 7. The van der Waals surface area contributed by atoms with E-state index in [9.17, 15) is 51.1 Å². The van der Waals surface area contributed by atoms with Gasteiger partial charge in [-0.05, 0) is 19.1 Å². The molecule has 0 aliphatic carbocycles. The van der Waals surface area contributed by atoms with E-state index in [1.807, 2.05) is 0 Å². The summed E-state index contributed by atoms with van der Waals surface area (Å²) in [4.78, 5) is -1.15. The maximum atomic E-state index is 13.4. The fourth-order valence-corrected chi connectivity index (χ4v) is 4.99. The molecule has 0 bridgehead atoms.